The third-order valence-electron chi connectivity index (χ3n) is 6.81. The molecule has 3 aromatic carbocycles. The van der Waals surface area contributed by atoms with Crippen LogP contribution < -0.4 is 19.5 Å². The molecule has 1 amide bonds. The summed E-state index contributed by atoms with van der Waals surface area (Å²) < 4.78 is 20.6. The van der Waals surface area contributed by atoms with Gasteiger partial charge in [-0.2, -0.15) is 4.37 Å². The standard InChI is InChI=1S/C32H30N4O5S/c1-19-30(29(42-36-19)17-23-18-33-24-10-5-6-11-25(24)34-23)32(38)35-22-9-7-8-21(16-22)26(37)13-12-20-14-27(39-2)31(41-4)28(15-20)40-3/h5-11,14-16,18H,12-13,17H2,1-4H3,(H,35,38). The summed E-state index contributed by atoms with van der Waals surface area (Å²) in [6.07, 6.45) is 2.91. The van der Waals surface area contributed by atoms with Crippen LogP contribution in [0, 0.1) is 6.92 Å². The van der Waals surface area contributed by atoms with Gasteiger partial charge in [0.05, 0.1) is 49.3 Å². The maximum absolute atomic E-state index is 13.4. The van der Waals surface area contributed by atoms with Gasteiger partial charge in [0.25, 0.3) is 5.91 Å². The van der Waals surface area contributed by atoms with Crippen molar-refractivity contribution >= 4 is 39.9 Å². The summed E-state index contributed by atoms with van der Waals surface area (Å²) in [5, 5.41) is 2.95. The largest absolute Gasteiger partial charge is 0.493 e. The van der Waals surface area contributed by atoms with Crippen LogP contribution in [-0.4, -0.2) is 47.4 Å². The molecule has 0 fully saturated rings. The van der Waals surface area contributed by atoms with Gasteiger partial charge >= 0.3 is 0 Å². The summed E-state index contributed by atoms with van der Waals surface area (Å²) in [7, 11) is 4.66. The van der Waals surface area contributed by atoms with E-state index in [9.17, 15) is 9.59 Å². The summed E-state index contributed by atoms with van der Waals surface area (Å²) in [6.45, 7) is 1.81. The van der Waals surface area contributed by atoms with Crippen LogP contribution in [0.5, 0.6) is 17.2 Å². The van der Waals surface area contributed by atoms with E-state index >= 15 is 0 Å². The number of Topliss-reactive ketones (excluding diaryl/α,β-unsaturated/α-hetero) is 1. The number of amides is 1. The summed E-state index contributed by atoms with van der Waals surface area (Å²) in [5.74, 6) is 1.24. The maximum Gasteiger partial charge on any atom is 0.258 e. The molecule has 9 nitrogen and oxygen atoms in total. The predicted molar refractivity (Wildman–Crippen MR) is 162 cm³/mol. The molecule has 5 rings (SSSR count). The molecule has 0 aliphatic rings. The van der Waals surface area contributed by atoms with Crippen LogP contribution in [0.1, 0.15) is 49.0 Å². The Morgan fingerprint density at radius 3 is 2.36 bits per heavy atom. The molecular weight excluding hydrogens is 552 g/mol. The molecule has 2 aromatic heterocycles. The van der Waals surface area contributed by atoms with Gasteiger partial charge in [-0.1, -0.05) is 24.3 Å². The molecule has 42 heavy (non-hydrogen) atoms. The fourth-order valence-electron chi connectivity index (χ4n) is 4.72. The van der Waals surface area contributed by atoms with E-state index in [1.165, 1.54) is 11.5 Å². The number of aryl methyl sites for hydroxylation is 2. The van der Waals surface area contributed by atoms with E-state index < -0.39 is 0 Å². The molecule has 0 aliphatic carbocycles. The van der Waals surface area contributed by atoms with Crippen molar-refractivity contribution in [1.82, 2.24) is 14.3 Å². The number of ether oxygens (including phenoxy) is 3. The van der Waals surface area contributed by atoms with E-state index in [-0.39, 0.29) is 18.1 Å². The molecule has 214 valence electrons. The molecule has 0 saturated carbocycles. The first-order valence-electron chi connectivity index (χ1n) is 13.3. The predicted octanol–water partition coefficient (Wildman–Crippen LogP) is 6.08. The number of benzene rings is 3. The second-order valence-electron chi connectivity index (χ2n) is 9.58. The number of hydrogen-bond acceptors (Lipinski definition) is 9. The highest BCUT2D eigenvalue weighted by molar-refractivity contribution is 7.06. The minimum Gasteiger partial charge on any atom is -0.493 e. The number of rotatable bonds is 11. The molecule has 2 heterocycles. The third kappa shape index (κ3) is 6.23. The van der Waals surface area contributed by atoms with Crippen molar-refractivity contribution in [2.24, 2.45) is 0 Å². The Hall–Kier alpha value is -4.83. The van der Waals surface area contributed by atoms with Crippen LogP contribution in [0.4, 0.5) is 5.69 Å². The molecule has 5 aromatic rings. The van der Waals surface area contributed by atoms with Crippen LogP contribution in [0.2, 0.25) is 0 Å². The number of ketones is 1. The van der Waals surface area contributed by atoms with Crippen LogP contribution in [0.3, 0.4) is 0 Å². The fourth-order valence-corrected chi connectivity index (χ4v) is 5.60. The van der Waals surface area contributed by atoms with E-state index in [2.05, 4.69) is 19.7 Å². The first kappa shape index (κ1) is 28.7. The number of methoxy groups -OCH3 is 3. The lowest BCUT2D eigenvalue weighted by Crippen LogP contribution is -2.15. The van der Waals surface area contributed by atoms with Crippen molar-refractivity contribution in [1.29, 1.82) is 0 Å². The number of carbonyl (C=O) groups excluding carboxylic acids is 2. The Balaban J connectivity index is 1.28. The first-order valence-corrected chi connectivity index (χ1v) is 14.1. The second kappa shape index (κ2) is 12.8. The van der Waals surface area contributed by atoms with Crippen LogP contribution in [-0.2, 0) is 12.8 Å². The molecule has 0 spiro atoms. The number of carbonyl (C=O) groups is 2. The van der Waals surface area contributed by atoms with Gasteiger partial charge in [-0.05, 0) is 66.8 Å². The molecule has 1 N–H and O–H groups in total. The van der Waals surface area contributed by atoms with Gasteiger partial charge in [-0.3, -0.25) is 14.6 Å². The number of nitrogens with zero attached hydrogens (tertiary/aromatic N) is 3. The van der Waals surface area contributed by atoms with Gasteiger partial charge < -0.3 is 19.5 Å². The van der Waals surface area contributed by atoms with Crippen molar-refractivity contribution in [3.8, 4) is 17.2 Å². The molecule has 0 saturated heterocycles. The minimum atomic E-state index is -0.285. The van der Waals surface area contributed by atoms with Crippen LogP contribution in [0.25, 0.3) is 11.0 Å². The zero-order valence-electron chi connectivity index (χ0n) is 23.8. The highest BCUT2D eigenvalue weighted by Crippen LogP contribution is 2.38. The van der Waals surface area contributed by atoms with Crippen LogP contribution >= 0.6 is 11.5 Å². The van der Waals surface area contributed by atoms with Crippen molar-refractivity contribution in [2.75, 3.05) is 26.6 Å². The van der Waals surface area contributed by atoms with Crippen molar-refractivity contribution in [3.63, 3.8) is 0 Å². The number of para-hydroxylation sites is 2. The lowest BCUT2D eigenvalue weighted by molar-refractivity contribution is 0.0980. The zero-order chi connectivity index (χ0) is 29.6. The number of hydrogen-bond donors (Lipinski definition) is 1. The molecule has 0 aliphatic heterocycles. The van der Waals surface area contributed by atoms with Gasteiger partial charge in [-0.15, -0.1) is 0 Å². The van der Waals surface area contributed by atoms with Gasteiger partial charge in [0.2, 0.25) is 5.75 Å². The highest BCUT2D eigenvalue weighted by atomic mass is 32.1. The molecule has 0 radical (unpaired) electrons. The summed E-state index contributed by atoms with van der Waals surface area (Å²) in [6, 6.07) is 18.3. The molecule has 0 atom stereocenters. The molecular formula is C32H30N4O5S. The quantitative estimate of drug-likeness (QED) is 0.187. The Labute approximate surface area is 247 Å². The normalized spacial score (nSPS) is 10.9. The molecule has 0 bridgehead atoms. The Bertz CT molecular complexity index is 1740. The second-order valence-corrected chi connectivity index (χ2v) is 10.4. The first-order chi connectivity index (χ1) is 20.4. The smallest absolute Gasteiger partial charge is 0.258 e. The third-order valence-corrected chi connectivity index (χ3v) is 7.74. The molecule has 0 unspecified atom stereocenters. The van der Waals surface area contributed by atoms with Gasteiger partial charge in [0.1, 0.15) is 0 Å². The van der Waals surface area contributed by atoms with E-state index in [0.717, 1.165) is 27.2 Å². The lowest BCUT2D eigenvalue weighted by Gasteiger charge is -2.14. The number of aromatic nitrogens is 3. The summed E-state index contributed by atoms with van der Waals surface area (Å²) in [5.41, 5.74) is 5.43. The fraction of sp³-hybridized carbons (Fsp3) is 0.219. The van der Waals surface area contributed by atoms with E-state index in [0.29, 0.717) is 52.6 Å². The Kier molecular flexibility index (Phi) is 8.73. The van der Waals surface area contributed by atoms with E-state index in [1.807, 2.05) is 43.3 Å². The maximum atomic E-state index is 13.4. The monoisotopic (exact) mass is 582 g/mol. The average molecular weight is 583 g/mol. The van der Waals surface area contributed by atoms with Crippen molar-refractivity contribution in [2.45, 2.75) is 26.2 Å². The highest BCUT2D eigenvalue weighted by Gasteiger charge is 2.20. The topological polar surface area (TPSA) is 113 Å². The summed E-state index contributed by atoms with van der Waals surface area (Å²) in [4.78, 5) is 36.5. The van der Waals surface area contributed by atoms with E-state index in [1.54, 1.807) is 51.8 Å². The van der Waals surface area contributed by atoms with Gasteiger partial charge in [0, 0.05) is 35.2 Å². The average Bonchev–Trinajstić information content (AvgIpc) is 3.38. The number of anilines is 1. The zero-order valence-corrected chi connectivity index (χ0v) is 24.6. The number of fused-ring (bicyclic) bond motifs is 1. The summed E-state index contributed by atoms with van der Waals surface area (Å²) >= 11 is 1.28. The van der Waals surface area contributed by atoms with Crippen molar-refractivity contribution < 1.29 is 23.8 Å². The van der Waals surface area contributed by atoms with E-state index in [4.69, 9.17) is 14.2 Å². The number of nitrogens with one attached hydrogen (secondary N) is 1. The minimum absolute atomic E-state index is 0.0520. The molecule has 10 heteroatoms. The van der Waals surface area contributed by atoms with Gasteiger partial charge in [-0.25, -0.2) is 4.98 Å². The lowest BCUT2D eigenvalue weighted by atomic mass is 10.0. The SMILES string of the molecule is COc1cc(CCC(=O)c2cccc(NC(=O)c3c(C)nsc3Cc3cnc4ccccc4n3)c2)cc(OC)c1OC. The van der Waals surface area contributed by atoms with Crippen LogP contribution in [0.15, 0.2) is 66.9 Å². The van der Waals surface area contributed by atoms with Gasteiger partial charge in [0.15, 0.2) is 17.3 Å². The Morgan fingerprint density at radius 2 is 1.64 bits per heavy atom. The van der Waals surface area contributed by atoms with Crippen molar-refractivity contribution in [3.05, 3.63) is 99.8 Å². The Morgan fingerprint density at radius 1 is 0.905 bits per heavy atom.